The maximum absolute atomic E-state index is 12.0. The Labute approximate surface area is 166 Å². The third kappa shape index (κ3) is 6.54. The highest BCUT2D eigenvalue weighted by molar-refractivity contribution is 5.93. The van der Waals surface area contributed by atoms with Crippen LogP contribution in [0.25, 0.3) is 0 Å². The van der Waals surface area contributed by atoms with Crippen LogP contribution in [0.5, 0.6) is 5.75 Å². The van der Waals surface area contributed by atoms with E-state index in [9.17, 15) is 9.59 Å². The summed E-state index contributed by atoms with van der Waals surface area (Å²) in [5, 5.41) is 6.77. The first-order chi connectivity index (χ1) is 13.4. The predicted molar refractivity (Wildman–Crippen MR) is 112 cm³/mol. The molecule has 0 unspecified atom stereocenters. The molecule has 2 N–H and O–H groups in total. The minimum Gasteiger partial charge on any atom is -0.494 e. The molecule has 0 atom stereocenters. The van der Waals surface area contributed by atoms with Crippen molar-refractivity contribution < 1.29 is 14.3 Å². The van der Waals surface area contributed by atoms with Gasteiger partial charge in [-0.3, -0.25) is 9.59 Å². The molecular weight excluding hydrogens is 354 g/mol. The van der Waals surface area contributed by atoms with Crippen molar-refractivity contribution in [3.8, 4) is 5.75 Å². The van der Waals surface area contributed by atoms with Gasteiger partial charge in [-0.2, -0.15) is 5.10 Å². The predicted octanol–water partition coefficient (Wildman–Crippen LogP) is 3.88. The van der Waals surface area contributed by atoms with Crippen LogP contribution < -0.4 is 15.5 Å². The van der Waals surface area contributed by atoms with Crippen molar-refractivity contribution >= 4 is 23.7 Å². The number of carbonyl (C=O) groups excluding carboxylic acids is 2. The molecular formula is C22H27N3O3. The van der Waals surface area contributed by atoms with Gasteiger partial charge in [0.1, 0.15) is 5.75 Å². The number of hydrogen-bond acceptors (Lipinski definition) is 4. The molecule has 0 aliphatic carbocycles. The lowest BCUT2D eigenvalue weighted by Crippen LogP contribution is -2.20. The monoisotopic (exact) mass is 381 g/mol. The van der Waals surface area contributed by atoms with E-state index in [0.717, 1.165) is 22.4 Å². The fourth-order valence-electron chi connectivity index (χ4n) is 2.87. The molecule has 0 radical (unpaired) electrons. The second-order valence-corrected chi connectivity index (χ2v) is 6.61. The Morgan fingerprint density at radius 1 is 1.00 bits per heavy atom. The molecule has 0 fully saturated rings. The number of benzene rings is 2. The minimum atomic E-state index is -0.305. The van der Waals surface area contributed by atoms with Gasteiger partial charge in [-0.05, 0) is 63.1 Å². The van der Waals surface area contributed by atoms with Gasteiger partial charge in [0.25, 0.3) is 0 Å². The van der Waals surface area contributed by atoms with E-state index in [4.69, 9.17) is 4.74 Å². The first kappa shape index (κ1) is 21.2. The average Bonchev–Trinajstić information content (AvgIpc) is 2.64. The Balaban J connectivity index is 1.78. The van der Waals surface area contributed by atoms with Gasteiger partial charge in [-0.15, -0.1) is 0 Å². The molecule has 6 nitrogen and oxygen atoms in total. The van der Waals surface area contributed by atoms with Crippen molar-refractivity contribution in [2.45, 2.75) is 40.5 Å². The fourth-order valence-corrected chi connectivity index (χ4v) is 2.87. The molecule has 2 aromatic carbocycles. The molecule has 2 aromatic rings. The molecule has 2 amide bonds. The highest BCUT2D eigenvalue weighted by Crippen LogP contribution is 2.16. The first-order valence-electron chi connectivity index (χ1n) is 9.31. The maximum atomic E-state index is 12.0. The van der Waals surface area contributed by atoms with E-state index >= 15 is 0 Å². The lowest BCUT2D eigenvalue weighted by Gasteiger charge is -2.07. The normalized spacial score (nSPS) is 10.7. The molecule has 28 heavy (non-hydrogen) atoms. The number of hydrazone groups is 1. The summed E-state index contributed by atoms with van der Waals surface area (Å²) in [6.45, 7) is 8.56. The van der Waals surface area contributed by atoms with Crippen LogP contribution >= 0.6 is 0 Å². The van der Waals surface area contributed by atoms with E-state index in [0.29, 0.717) is 12.3 Å². The van der Waals surface area contributed by atoms with Crippen molar-refractivity contribution in [1.29, 1.82) is 0 Å². The molecule has 0 aromatic heterocycles. The minimum absolute atomic E-state index is 0.0616. The van der Waals surface area contributed by atoms with Gasteiger partial charge < -0.3 is 10.1 Å². The second-order valence-electron chi connectivity index (χ2n) is 6.61. The van der Waals surface area contributed by atoms with E-state index < -0.39 is 0 Å². The average molecular weight is 381 g/mol. The molecule has 6 heteroatoms. The van der Waals surface area contributed by atoms with Crippen LogP contribution in [-0.2, 0) is 9.59 Å². The van der Waals surface area contributed by atoms with Crippen LogP contribution in [0.3, 0.4) is 0 Å². The third-order valence-corrected chi connectivity index (χ3v) is 4.15. The van der Waals surface area contributed by atoms with Gasteiger partial charge in [-0.1, -0.05) is 17.7 Å². The Morgan fingerprint density at radius 3 is 2.21 bits per heavy atom. The fraction of sp³-hybridized carbons (Fsp3) is 0.318. The van der Waals surface area contributed by atoms with Crippen molar-refractivity contribution in [2.24, 2.45) is 5.10 Å². The highest BCUT2D eigenvalue weighted by Gasteiger charge is 2.07. The second kappa shape index (κ2) is 10.3. The summed E-state index contributed by atoms with van der Waals surface area (Å²) in [6.07, 6.45) is 1.78. The van der Waals surface area contributed by atoms with Crippen LogP contribution in [0.1, 0.15) is 42.0 Å². The Kier molecular flexibility index (Phi) is 7.75. The number of aryl methyl sites for hydroxylation is 3. The molecule has 0 heterocycles. The third-order valence-electron chi connectivity index (χ3n) is 4.15. The number of amides is 2. The summed E-state index contributed by atoms with van der Waals surface area (Å²) in [4.78, 5) is 23.9. The maximum Gasteiger partial charge on any atom is 0.240 e. The van der Waals surface area contributed by atoms with E-state index in [-0.39, 0.29) is 24.7 Å². The van der Waals surface area contributed by atoms with Crippen molar-refractivity contribution in [1.82, 2.24) is 5.43 Å². The summed E-state index contributed by atoms with van der Waals surface area (Å²) >= 11 is 0. The quantitative estimate of drug-likeness (QED) is 0.538. The zero-order valence-corrected chi connectivity index (χ0v) is 16.8. The van der Waals surface area contributed by atoms with E-state index in [1.165, 1.54) is 5.56 Å². The first-order valence-corrected chi connectivity index (χ1v) is 9.31. The molecule has 148 valence electrons. The summed E-state index contributed by atoms with van der Waals surface area (Å²) < 4.78 is 5.36. The van der Waals surface area contributed by atoms with Gasteiger partial charge in [0.15, 0.2) is 0 Å². The van der Waals surface area contributed by atoms with Crippen LogP contribution in [0.4, 0.5) is 5.69 Å². The van der Waals surface area contributed by atoms with Crippen LogP contribution in [-0.4, -0.2) is 24.6 Å². The molecule has 0 bridgehead atoms. The van der Waals surface area contributed by atoms with E-state index in [1.807, 2.05) is 27.7 Å². The summed E-state index contributed by atoms with van der Waals surface area (Å²) in [6, 6.07) is 11.2. The molecule has 0 saturated heterocycles. The molecule has 0 aliphatic heterocycles. The SMILES string of the molecule is CCOc1ccc(NC(=O)CCC(=O)N/N=C/c2c(C)cc(C)cc2C)cc1. The van der Waals surface area contributed by atoms with Gasteiger partial charge in [0.05, 0.1) is 12.8 Å². The topological polar surface area (TPSA) is 79.8 Å². The Hall–Kier alpha value is -3.15. The number of rotatable bonds is 8. The Morgan fingerprint density at radius 2 is 1.61 bits per heavy atom. The van der Waals surface area contributed by atoms with Gasteiger partial charge >= 0.3 is 0 Å². The zero-order valence-electron chi connectivity index (χ0n) is 16.8. The van der Waals surface area contributed by atoms with Crippen LogP contribution in [0.2, 0.25) is 0 Å². The Bertz CT molecular complexity index is 835. The lowest BCUT2D eigenvalue weighted by molar-refractivity contribution is -0.124. The number of anilines is 1. The largest absolute Gasteiger partial charge is 0.494 e. The number of ether oxygens (including phenoxy) is 1. The van der Waals surface area contributed by atoms with Crippen molar-refractivity contribution in [2.75, 3.05) is 11.9 Å². The van der Waals surface area contributed by atoms with Crippen molar-refractivity contribution in [3.05, 3.63) is 58.7 Å². The molecule has 0 aliphatic rings. The van der Waals surface area contributed by atoms with Gasteiger partial charge in [0.2, 0.25) is 11.8 Å². The summed E-state index contributed by atoms with van der Waals surface area (Å²) in [5.41, 5.74) is 7.52. The molecule has 0 spiro atoms. The summed E-state index contributed by atoms with van der Waals surface area (Å²) in [5.74, 6) is 0.214. The smallest absolute Gasteiger partial charge is 0.240 e. The van der Waals surface area contributed by atoms with E-state index in [1.54, 1.807) is 30.5 Å². The summed E-state index contributed by atoms with van der Waals surface area (Å²) in [7, 11) is 0. The van der Waals surface area contributed by atoms with Crippen LogP contribution in [0.15, 0.2) is 41.5 Å². The van der Waals surface area contributed by atoms with E-state index in [2.05, 4.69) is 28.0 Å². The molecule has 2 rings (SSSR count). The number of carbonyl (C=O) groups is 2. The number of hydrogen-bond donors (Lipinski definition) is 2. The zero-order chi connectivity index (χ0) is 20.5. The molecule has 0 saturated carbocycles. The standard InChI is InChI=1S/C22H27N3O3/c1-5-28-19-8-6-18(7-9-19)24-21(26)10-11-22(27)25-23-14-20-16(3)12-15(2)13-17(20)4/h6-9,12-14H,5,10-11H2,1-4H3,(H,24,26)(H,25,27)/b23-14+. The number of nitrogens with one attached hydrogen (secondary N) is 2. The highest BCUT2D eigenvalue weighted by atomic mass is 16.5. The number of nitrogens with zero attached hydrogens (tertiary/aromatic N) is 1. The van der Waals surface area contributed by atoms with Crippen LogP contribution in [0, 0.1) is 20.8 Å². The van der Waals surface area contributed by atoms with Crippen molar-refractivity contribution in [3.63, 3.8) is 0 Å². The van der Waals surface area contributed by atoms with Gasteiger partial charge in [0, 0.05) is 24.1 Å². The lowest BCUT2D eigenvalue weighted by atomic mass is 10.0. The van der Waals surface area contributed by atoms with Gasteiger partial charge in [-0.25, -0.2) is 5.43 Å².